The number of unbranched alkanes of at least 4 members (excludes halogenated alkanes) is 34. The van der Waals surface area contributed by atoms with Crippen molar-refractivity contribution in [2.24, 2.45) is 0 Å². The van der Waals surface area contributed by atoms with E-state index >= 15 is 0 Å². The molecule has 0 aromatic carbocycles. The van der Waals surface area contributed by atoms with Gasteiger partial charge in [-0.25, -0.2) is 9.55 Å². The molecule has 1 N–H and O–H groups in total. The number of hydrogen-bond donors (Lipinski definition) is 1. The van der Waals surface area contributed by atoms with Gasteiger partial charge in [0.1, 0.15) is 12.4 Å². The van der Waals surface area contributed by atoms with Crippen LogP contribution >= 0.6 is 0 Å². The van der Waals surface area contributed by atoms with Gasteiger partial charge in [0.2, 0.25) is 0 Å². The van der Waals surface area contributed by atoms with Crippen molar-refractivity contribution in [2.45, 2.75) is 296 Å². The molecule has 0 bridgehead atoms. The Morgan fingerprint density at radius 3 is 0.922 bits per heavy atom. The molecule has 1 aromatic heterocycles. The van der Waals surface area contributed by atoms with E-state index in [0.29, 0.717) is 12.0 Å². The molecule has 0 spiro atoms. The number of H-pyrrole nitrogens is 1. The van der Waals surface area contributed by atoms with Gasteiger partial charge >= 0.3 is 0 Å². The molecule has 0 saturated carbocycles. The maximum atomic E-state index is 3.77. The van der Waals surface area contributed by atoms with Crippen LogP contribution in [-0.2, 0) is 0 Å². The molecule has 1 heterocycles. The van der Waals surface area contributed by atoms with E-state index in [4.69, 9.17) is 0 Å². The Balaban J connectivity index is 2.29. The molecule has 0 aliphatic heterocycles. The molecular weight excluding hydrogens is 617 g/mol. The van der Waals surface area contributed by atoms with E-state index in [0.717, 1.165) is 0 Å². The minimum absolute atomic E-state index is 0.617. The van der Waals surface area contributed by atoms with Crippen LogP contribution in [0.4, 0.5) is 0 Å². The average molecular weight is 714 g/mol. The van der Waals surface area contributed by atoms with Crippen molar-refractivity contribution < 1.29 is 4.57 Å². The third-order valence-electron chi connectivity index (χ3n) is 12.1. The van der Waals surface area contributed by atoms with Gasteiger partial charge in [-0.15, -0.1) is 0 Å². The van der Waals surface area contributed by atoms with E-state index in [9.17, 15) is 0 Å². The highest BCUT2D eigenvalue weighted by Gasteiger charge is 2.25. The van der Waals surface area contributed by atoms with E-state index in [2.05, 4.69) is 49.6 Å². The standard InChI is InChI=1S/C49H96N2/c1-5-8-11-14-17-19-21-23-25-26-28-30-32-35-38-41-44-48(43-40-37-33-16-13-10-7-3)49-50-45-46-51(49)47(4)42-39-36-34-31-29-27-24-22-20-18-15-12-9-6-2/h45-48H,5-44H2,1-4H3/p+1. The Hall–Kier alpha value is -0.790. The molecule has 2 unspecified atom stereocenters. The van der Waals surface area contributed by atoms with Gasteiger partial charge < -0.3 is 0 Å². The highest BCUT2D eigenvalue weighted by molar-refractivity contribution is 4.90. The minimum atomic E-state index is 0.617. The molecule has 1 rings (SSSR count). The average Bonchev–Trinajstić information content (AvgIpc) is 3.63. The van der Waals surface area contributed by atoms with Crippen LogP contribution < -0.4 is 4.57 Å². The number of imidazole rings is 1. The number of hydrogen-bond acceptors (Lipinski definition) is 0. The van der Waals surface area contributed by atoms with Gasteiger partial charge in [-0.05, 0) is 32.6 Å². The number of rotatable bonds is 42. The molecule has 0 saturated heterocycles. The first-order valence-electron chi connectivity index (χ1n) is 24.3. The molecule has 2 heteroatoms. The number of nitrogens with zero attached hydrogens (tertiary/aromatic N) is 1. The second kappa shape index (κ2) is 38.9. The van der Waals surface area contributed by atoms with Crippen LogP contribution in [-0.4, -0.2) is 4.98 Å². The Morgan fingerprint density at radius 2 is 0.627 bits per heavy atom. The fraction of sp³-hybridized carbons (Fsp3) is 0.939. The second-order valence-electron chi connectivity index (χ2n) is 17.2. The molecule has 51 heavy (non-hydrogen) atoms. The molecule has 1 aromatic rings. The van der Waals surface area contributed by atoms with Crippen molar-refractivity contribution in [1.29, 1.82) is 0 Å². The maximum Gasteiger partial charge on any atom is 0.257 e. The summed E-state index contributed by atoms with van der Waals surface area (Å²) >= 11 is 0. The normalized spacial score (nSPS) is 12.9. The van der Waals surface area contributed by atoms with E-state index in [1.807, 2.05) is 0 Å². The lowest BCUT2D eigenvalue weighted by atomic mass is 9.92. The zero-order valence-electron chi connectivity index (χ0n) is 36.0. The lowest BCUT2D eigenvalue weighted by Gasteiger charge is -2.17. The lowest BCUT2D eigenvalue weighted by molar-refractivity contribution is -0.727. The first kappa shape index (κ1) is 48.2. The number of nitrogens with one attached hydrogen (secondary N) is 1. The monoisotopic (exact) mass is 714 g/mol. The van der Waals surface area contributed by atoms with Crippen molar-refractivity contribution in [3.05, 3.63) is 18.2 Å². The largest absolute Gasteiger partial charge is 0.257 e. The Kier molecular flexibility index (Phi) is 36.8. The van der Waals surface area contributed by atoms with Gasteiger partial charge in [0, 0.05) is 0 Å². The summed E-state index contributed by atoms with van der Waals surface area (Å²) in [5.41, 5.74) is 0. The van der Waals surface area contributed by atoms with E-state index < -0.39 is 0 Å². The fourth-order valence-corrected chi connectivity index (χ4v) is 8.55. The molecule has 302 valence electrons. The summed E-state index contributed by atoms with van der Waals surface area (Å²) < 4.78 is 2.65. The molecule has 0 fully saturated rings. The maximum absolute atomic E-state index is 3.77. The van der Waals surface area contributed by atoms with Gasteiger partial charge in [0.25, 0.3) is 5.82 Å². The highest BCUT2D eigenvalue weighted by atomic mass is 15.1. The first-order valence-corrected chi connectivity index (χ1v) is 24.3. The van der Waals surface area contributed by atoms with Gasteiger partial charge in [0.15, 0.2) is 0 Å². The zero-order valence-corrected chi connectivity index (χ0v) is 36.0. The summed E-state index contributed by atoms with van der Waals surface area (Å²) in [6.07, 6.45) is 62.1. The molecule has 0 aliphatic carbocycles. The quantitative estimate of drug-likeness (QED) is 0.0514. The lowest BCUT2D eigenvalue weighted by Crippen LogP contribution is -2.41. The smallest absolute Gasteiger partial charge is 0.247 e. The molecule has 0 radical (unpaired) electrons. The van der Waals surface area contributed by atoms with Crippen molar-refractivity contribution in [2.75, 3.05) is 0 Å². The summed E-state index contributed by atoms with van der Waals surface area (Å²) in [6, 6.07) is 0.617. The summed E-state index contributed by atoms with van der Waals surface area (Å²) in [6.45, 7) is 9.44. The van der Waals surface area contributed by atoms with Crippen LogP contribution in [0.1, 0.15) is 302 Å². The molecule has 0 aliphatic rings. The Morgan fingerprint density at radius 1 is 0.373 bits per heavy atom. The predicted molar refractivity (Wildman–Crippen MR) is 230 cm³/mol. The Bertz CT molecular complexity index is 783. The molecule has 2 atom stereocenters. The second-order valence-corrected chi connectivity index (χ2v) is 17.2. The topological polar surface area (TPSA) is 19.7 Å². The van der Waals surface area contributed by atoms with E-state index in [1.165, 1.54) is 257 Å². The van der Waals surface area contributed by atoms with Crippen LogP contribution in [0.15, 0.2) is 12.4 Å². The number of aromatic amines is 1. The van der Waals surface area contributed by atoms with Gasteiger partial charge in [-0.3, -0.25) is 0 Å². The van der Waals surface area contributed by atoms with Crippen molar-refractivity contribution in [3.8, 4) is 0 Å². The molecular formula is C49H97N2+. The van der Waals surface area contributed by atoms with Gasteiger partial charge in [0.05, 0.1) is 12.0 Å². The van der Waals surface area contributed by atoms with Crippen LogP contribution in [0.5, 0.6) is 0 Å². The number of aromatic nitrogens is 2. The first-order chi connectivity index (χ1) is 25.2. The Labute approximate surface area is 323 Å². The fourth-order valence-electron chi connectivity index (χ4n) is 8.55. The van der Waals surface area contributed by atoms with Gasteiger partial charge in [-0.1, -0.05) is 252 Å². The summed E-state index contributed by atoms with van der Waals surface area (Å²) in [5.74, 6) is 2.25. The summed E-state index contributed by atoms with van der Waals surface area (Å²) in [7, 11) is 0. The summed E-state index contributed by atoms with van der Waals surface area (Å²) in [5, 5.41) is 0. The summed E-state index contributed by atoms with van der Waals surface area (Å²) in [4.78, 5) is 3.77. The van der Waals surface area contributed by atoms with Crippen LogP contribution in [0.25, 0.3) is 0 Å². The van der Waals surface area contributed by atoms with Crippen LogP contribution in [0, 0.1) is 0 Å². The van der Waals surface area contributed by atoms with Gasteiger partial charge in [-0.2, -0.15) is 0 Å². The molecule has 0 amide bonds. The van der Waals surface area contributed by atoms with Crippen molar-refractivity contribution in [1.82, 2.24) is 4.98 Å². The van der Waals surface area contributed by atoms with E-state index in [-0.39, 0.29) is 0 Å². The predicted octanol–water partition coefficient (Wildman–Crippen LogP) is 17.6. The van der Waals surface area contributed by atoms with Crippen LogP contribution in [0.3, 0.4) is 0 Å². The van der Waals surface area contributed by atoms with Crippen molar-refractivity contribution >= 4 is 0 Å². The van der Waals surface area contributed by atoms with Crippen LogP contribution in [0.2, 0.25) is 0 Å². The highest BCUT2D eigenvalue weighted by Crippen LogP contribution is 2.27. The third-order valence-corrected chi connectivity index (χ3v) is 12.1. The molecule has 2 nitrogen and oxygen atoms in total. The van der Waals surface area contributed by atoms with Crippen molar-refractivity contribution in [3.63, 3.8) is 0 Å². The SMILES string of the molecule is CCCCCCCCCCCCCCCCCCC(CCCCCCCCC)c1[nH]cc[n+]1C(C)CCCCCCCCCCCCCCCC. The zero-order chi connectivity index (χ0) is 36.7. The minimum Gasteiger partial charge on any atom is -0.247 e. The van der Waals surface area contributed by atoms with E-state index in [1.54, 1.807) is 5.82 Å². The third kappa shape index (κ3) is 30.3.